The molecule has 18 heavy (non-hydrogen) atoms. The van der Waals surface area contributed by atoms with Crippen LogP contribution in [0, 0.1) is 13.8 Å². The van der Waals surface area contributed by atoms with E-state index in [1.165, 1.54) is 7.11 Å². The van der Waals surface area contributed by atoms with Crippen LogP contribution in [0.1, 0.15) is 27.6 Å². The molecule has 0 aliphatic rings. The van der Waals surface area contributed by atoms with E-state index in [4.69, 9.17) is 0 Å². The van der Waals surface area contributed by atoms with Gasteiger partial charge in [0.25, 0.3) is 0 Å². The Morgan fingerprint density at radius 3 is 2.83 bits per heavy atom. The van der Waals surface area contributed by atoms with Gasteiger partial charge in [-0.1, -0.05) is 0 Å². The number of nitrogens with one attached hydrogen (secondary N) is 3. The fourth-order valence-corrected chi connectivity index (χ4v) is 1.77. The first-order chi connectivity index (χ1) is 8.61. The van der Waals surface area contributed by atoms with Gasteiger partial charge in [0.1, 0.15) is 5.69 Å². The number of aromatic nitrogens is 3. The molecular formula is C12H16N4O2. The zero-order valence-corrected chi connectivity index (χ0v) is 10.6. The Morgan fingerprint density at radius 1 is 1.44 bits per heavy atom. The largest absolute Gasteiger partial charge is 0.464 e. The highest BCUT2D eigenvalue weighted by Gasteiger charge is 2.09. The molecule has 0 saturated carbocycles. The number of methoxy groups -OCH3 is 1. The summed E-state index contributed by atoms with van der Waals surface area (Å²) in [6.07, 6.45) is 0. The van der Waals surface area contributed by atoms with E-state index >= 15 is 0 Å². The number of aryl methyl sites for hydroxylation is 2. The molecule has 0 amide bonds. The molecule has 2 rings (SSSR count). The highest BCUT2D eigenvalue weighted by atomic mass is 16.5. The second kappa shape index (κ2) is 4.95. The normalized spacial score (nSPS) is 10.4. The molecule has 6 heteroatoms. The van der Waals surface area contributed by atoms with Crippen molar-refractivity contribution in [2.75, 3.05) is 12.4 Å². The zero-order chi connectivity index (χ0) is 13.1. The molecule has 0 bridgehead atoms. The Hall–Kier alpha value is -2.24. The van der Waals surface area contributed by atoms with Crippen LogP contribution in [-0.2, 0) is 11.3 Å². The number of rotatable bonds is 4. The molecule has 0 atom stereocenters. The Kier molecular flexibility index (Phi) is 3.36. The van der Waals surface area contributed by atoms with Crippen molar-refractivity contribution in [2.24, 2.45) is 0 Å². The van der Waals surface area contributed by atoms with Gasteiger partial charge in [-0.05, 0) is 26.0 Å². The summed E-state index contributed by atoms with van der Waals surface area (Å²) < 4.78 is 4.63. The number of carbonyl (C=O) groups is 1. The first-order valence-electron chi connectivity index (χ1n) is 5.63. The number of esters is 1. The van der Waals surface area contributed by atoms with Crippen LogP contribution in [0.25, 0.3) is 0 Å². The van der Waals surface area contributed by atoms with Crippen molar-refractivity contribution in [3.05, 3.63) is 34.9 Å². The van der Waals surface area contributed by atoms with Crippen LogP contribution in [0.3, 0.4) is 0 Å². The van der Waals surface area contributed by atoms with Crippen molar-refractivity contribution in [1.29, 1.82) is 0 Å². The molecule has 0 fully saturated rings. The molecule has 0 aromatic carbocycles. The van der Waals surface area contributed by atoms with Crippen molar-refractivity contribution in [2.45, 2.75) is 20.4 Å². The molecule has 2 heterocycles. The van der Waals surface area contributed by atoms with Crippen LogP contribution < -0.4 is 5.32 Å². The van der Waals surface area contributed by atoms with E-state index in [-0.39, 0.29) is 5.97 Å². The molecular weight excluding hydrogens is 232 g/mol. The van der Waals surface area contributed by atoms with Crippen molar-refractivity contribution < 1.29 is 9.53 Å². The van der Waals surface area contributed by atoms with E-state index in [1.54, 1.807) is 6.07 Å². The first kappa shape index (κ1) is 12.2. The number of hydrogen-bond donors (Lipinski definition) is 3. The van der Waals surface area contributed by atoms with Crippen molar-refractivity contribution in [1.82, 2.24) is 15.2 Å². The highest BCUT2D eigenvalue weighted by Crippen LogP contribution is 2.17. The van der Waals surface area contributed by atoms with Gasteiger partial charge in [-0.2, -0.15) is 5.10 Å². The summed E-state index contributed by atoms with van der Waals surface area (Å²) in [5.74, 6) is -0.364. The van der Waals surface area contributed by atoms with Gasteiger partial charge in [0.05, 0.1) is 30.7 Å². The number of anilines is 1. The van der Waals surface area contributed by atoms with E-state index in [9.17, 15) is 4.79 Å². The zero-order valence-electron chi connectivity index (χ0n) is 10.6. The minimum atomic E-state index is -0.364. The molecule has 0 unspecified atom stereocenters. The van der Waals surface area contributed by atoms with E-state index < -0.39 is 0 Å². The second-order valence-electron chi connectivity index (χ2n) is 4.05. The van der Waals surface area contributed by atoms with E-state index in [0.717, 1.165) is 22.8 Å². The lowest BCUT2D eigenvalue weighted by Gasteiger charge is -2.04. The predicted molar refractivity (Wildman–Crippen MR) is 67.5 cm³/mol. The lowest BCUT2D eigenvalue weighted by atomic mass is 10.3. The lowest BCUT2D eigenvalue weighted by molar-refractivity contribution is 0.0594. The van der Waals surface area contributed by atoms with Gasteiger partial charge >= 0.3 is 5.97 Å². The number of hydrogen-bond acceptors (Lipinski definition) is 4. The van der Waals surface area contributed by atoms with E-state index in [1.807, 2.05) is 19.9 Å². The molecule has 6 nitrogen and oxygen atoms in total. The van der Waals surface area contributed by atoms with Crippen molar-refractivity contribution in [3.8, 4) is 0 Å². The third kappa shape index (κ3) is 2.37. The SMILES string of the molecule is COC(=O)c1ccc(CNc2c(C)n[nH]c2C)[nH]1. The predicted octanol–water partition coefficient (Wildman–Crippen LogP) is 1.75. The number of carbonyl (C=O) groups excluding carboxylic acids is 1. The van der Waals surface area contributed by atoms with Gasteiger partial charge in [0.2, 0.25) is 0 Å². The maximum atomic E-state index is 11.3. The standard InChI is InChI=1S/C12H16N4O2/c1-7-11(8(2)16-15-7)13-6-9-4-5-10(14-9)12(17)18-3/h4-5,13-14H,6H2,1-3H3,(H,15,16). The smallest absolute Gasteiger partial charge is 0.354 e. The summed E-state index contributed by atoms with van der Waals surface area (Å²) in [6, 6.07) is 3.56. The molecule has 0 aliphatic heterocycles. The average Bonchev–Trinajstić information content (AvgIpc) is 2.95. The summed E-state index contributed by atoms with van der Waals surface area (Å²) in [5.41, 5.74) is 4.27. The molecule has 0 saturated heterocycles. The molecule has 0 spiro atoms. The number of aromatic amines is 2. The van der Waals surface area contributed by atoms with Gasteiger partial charge in [-0.3, -0.25) is 5.10 Å². The van der Waals surface area contributed by atoms with Gasteiger partial charge in [-0.15, -0.1) is 0 Å². The average molecular weight is 248 g/mol. The van der Waals surface area contributed by atoms with Crippen molar-refractivity contribution in [3.63, 3.8) is 0 Å². The summed E-state index contributed by atoms with van der Waals surface area (Å²) in [6.45, 7) is 4.48. The van der Waals surface area contributed by atoms with Crippen LogP contribution in [0.4, 0.5) is 5.69 Å². The number of ether oxygens (including phenoxy) is 1. The minimum absolute atomic E-state index is 0.364. The molecule has 0 aliphatic carbocycles. The summed E-state index contributed by atoms with van der Waals surface area (Å²) in [7, 11) is 1.36. The number of nitrogens with zero attached hydrogens (tertiary/aromatic N) is 1. The maximum Gasteiger partial charge on any atom is 0.354 e. The molecule has 3 N–H and O–H groups in total. The topological polar surface area (TPSA) is 82.8 Å². The van der Waals surface area contributed by atoms with Crippen LogP contribution in [0.5, 0.6) is 0 Å². The maximum absolute atomic E-state index is 11.3. The lowest BCUT2D eigenvalue weighted by Crippen LogP contribution is -2.04. The third-order valence-corrected chi connectivity index (χ3v) is 2.74. The van der Waals surface area contributed by atoms with Crippen LogP contribution in [0.15, 0.2) is 12.1 Å². The monoisotopic (exact) mass is 248 g/mol. The van der Waals surface area contributed by atoms with E-state index in [2.05, 4.69) is 25.2 Å². The van der Waals surface area contributed by atoms with E-state index in [0.29, 0.717) is 12.2 Å². The van der Waals surface area contributed by atoms with Gasteiger partial charge in [0, 0.05) is 5.69 Å². The highest BCUT2D eigenvalue weighted by molar-refractivity contribution is 5.87. The van der Waals surface area contributed by atoms with Crippen molar-refractivity contribution >= 4 is 11.7 Å². The Labute approximate surface area is 105 Å². The van der Waals surface area contributed by atoms with Gasteiger partial charge in [0.15, 0.2) is 0 Å². The second-order valence-corrected chi connectivity index (χ2v) is 4.05. The third-order valence-electron chi connectivity index (χ3n) is 2.74. The summed E-state index contributed by atoms with van der Waals surface area (Å²) in [5, 5.41) is 10.3. The fraction of sp³-hybridized carbons (Fsp3) is 0.333. The fourth-order valence-electron chi connectivity index (χ4n) is 1.77. The quantitative estimate of drug-likeness (QED) is 0.720. The van der Waals surface area contributed by atoms with Crippen LogP contribution in [0.2, 0.25) is 0 Å². The molecule has 2 aromatic rings. The minimum Gasteiger partial charge on any atom is -0.464 e. The van der Waals surface area contributed by atoms with Crippen LogP contribution >= 0.6 is 0 Å². The van der Waals surface area contributed by atoms with Gasteiger partial charge < -0.3 is 15.0 Å². The summed E-state index contributed by atoms with van der Waals surface area (Å²) in [4.78, 5) is 14.3. The van der Waals surface area contributed by atoms with Crippen LogP contribution in [-0.4, -0.2) is 28.3 Å². The Balaban J connectivity index is 2.03. The summed E-state index contributed by atoms with van der Waals surface area (Å²) >= 11 is 0. The Bertz CT molecular complexity index is 537. The molecule has 0 radical (unpaired) electrons. The Morgan fingerprint density at radius 2 is 2.22 bits per heavy atom. The van der Waals surface area contributed by atoms with Gasteiger partial charge in [-0.25, -0.2) is 4.79 Å². The first-order valence-corrected chi connectivity index (χ1v) is 5.63. The molecule has 96 valence electrons. The number of H-pyrrole nitrogens is 2. The molecule has 2 aromatic heterocycles.